The number of piperazine rings is 1. The fraction of sp³-hybridized carbons (Fsp3) is 0.765. The van der Waals surface area contributed by atoms with E-state index < -0.39 is 12.7 Å². The van der Waals surface area contributed by atoms with Crippen molar-refractivity contribution in [2.45, 2.75) is 45.8 Å². The Morgan fingerprint density at radius 2 is 1.78 bits per heavy atom. The summed E-state index contributed by atoms with van der Waals surface area (Å²) in [4.78, 5) is 6.13. The van der Waals surface area contributed by atoms with Gasteiger partial charge in [-0.15, -0.1) is 0 Å². The summed E-state index contributed by atoms with van der Waals surface area (Å²) in [6, 6.07) is 0.241. The van der Waals surface area contributed by atoms with E-state index in [1.54, 1.807) is 0 Å². The van der Waals surface area contributed by atoms with Crippen molar-refractivity contribution in [2.24, 2.45) is 0 Å². The summed E-state index contributed by atoms with van der Waals surface area (Å²) in [6.07, 6.45) is 2.28. The number of alkyl halides is 3. The van der Waals surface area contributed by atoms with Crippen molar-refractivity contribution < 1.29 is 13.2 Å². The lowest BCUT2D eigenvalue weighted by molar-refractivity contribution is -0.149. The molecule has 6 heteroatoms. The van der Waals surface area contributed by atoms with Crippen LogP contribution in [0.3, 0.4) is 0 Å². The number of halogens is 3. The molecule has 3 nitrogen and oxygen atoms in total. The summed E-state index contributed by atoms with van der Waals surface area (Å²) < 4.78 is 37.5. The normalized spacial score (nSPS) is 23.3. The van der Waals surface area contributed by atoms with Gasteiger partial charge in [-0.25, -0.2) is 0 Å². The first-order chi connectivity index (χ1) is 10.8. The molecule has 0 spiro atoms. The molecule has 0 bridgehead atoms. The molecule has 2 rings (SSSR count). The molecule has 0 aliphatic carbocycles. The van der Waals surface area contributed by atoms with E-state index in [1.165, 1.54) is 16.2 Å². The molecule has 2 heterocycles. The van der Waals surface area contributed by atoms with Crippen LogP contribution in [0.1, 0.15) is 33.6 Å². The Morgan fingerprint density at radius 1 is 1.13 bits per heavy atom. The minimum Gasteiger partial charge on any atom is -0.350 e. The topological polar surface area (TPSA) is 9.72 Å². The predicted molar refractivity (Wildman–Crippen MR) is 87.0 cm³/mol. The molecule has 1 saturated heterocycles. The number of rotatable bonds is 5. The predicted octanol–water partition coefficient (Wildman–Crippen LogP) is 3.46. The Bertz CT molecular complexity index is 448. The monoisotopic (exact) mass is 331 g/mol. The molecule has 23 heavy (non-hydrogen) atoms. The van der Waals surface area contributed by atoms with Gasteiger partial charge >= 0.3 is 6.18 Å². The summed E-state index contributed by atoms with van der Waals surface area (Å²) in [5, 5.41) is 0. The van der Waals surface area contributed by atoms with E-state index in [0.717, 1.165) is 19.4 Å². The quantitative estimate of drug-likeness (QED) is 0.764. The highest BCUT2D eigenvalue weighted by Gasteiger charge is 2.33. The largest absolute Gasteiger partial charge is 0.401 e. The van der Waals surface area contributed by atoms with Crippen LogP contribution in [-0.4, -0.2) is 66.2 Å². The summed E-state index contributed by atoms with van der Waals surface area (Å²) in [6.45, 7) is 9.06. The van der Waals surface area contributed by atoms with Crippen molar-refractivity contribution in [1.82, 2.24) is 14.7 Å². The fourth-order valence-electron chi connectivity index (χ4n) is 3.45. The maximum absolute atomic E-state index is 12.5. The fourth-order valence-corrected chi connectivity index (χ4v) is 3.45. The Hall–Kier alpha value is -1.01. The SMILES string of the molecule is CC/C(C)=C(/C(C)N1CCN(CC(F)(F)F)CC1)N1C=CCC1. The second kappa shape index (κ2) is 7.71. The zero-order chi connectivity index (χ0) is 17.0. The third-order valence-corrected chi connectivity index (χ3v) is 4.85. The summed E-state index contributed by atoms with van der Waals surface area (Å²) in [7, 11) is 0. The van der Waals surface area contributed by atoms with Crippen LogP contribution in [-0.2, 0) is 0 Å². The lowest BCUT2D eigenvalue weighted by atomic mass is 10.0. The molecule has 2 aliphatic rings. The molecule has 0 aromatic heterocycles. The molecular weight excluding hydrogens is 303 g/mol. The summed E-state index contributed by atoms with van der Waals surface area (Å²) in [5.41, 5.74) is 2.69. The van der Waals surface area contributed by atoms with Gasteiger partial charge in [-0.2, -0.15) is 13.2 Å². The number of hydrogen-bond acceptors (Lipinski definition) is 3. The Kier molecular flexibility index (Phi) is 6.14. The van der Waals surface area contributed by atoms with Crippen LogP contribution in [0.15, 0.2) is 23.5 Å². The first-order valence-electron chi connectivity index (χ1n) is 8.48. The molecule has 1 atom stereocenters. The van der Waals surface area contributed by atoms with Gasteiger partial charge in [0, 0.05) is 44.5 Å². The van der Waals surface area contributed by atoms with E-state index in [0.29, 0.717) is 26.2 Å². The van der Waals surface area contributed by atoms with E-state index in [4.69, 9.17) is 0 Å². The van der Waals surface area contributed by atoms with E-state index in [9.17, 15) is 13.2 Å². The Labute approximate surface area is 137 Å². The van der Waals surface area contributed by atoms with Gasteiger partial charge in [0.25, 0.3) is 0 Å². The molecular formula is C17H28F3N3. The minimum atomic E-state index is -4.10. The van der Waals surface area contributed by atoms with E-state index in [1.807, 2.05) is 0 Å². The van der Waals surface area contributed by atoms with Crippen LogP contribution < -0.4 is 0 Å². The molecule has 2 aliphatic heterocycles. The van der Waals surface area contributed by atoms with E-state index in [2.05, 4.69) is 42.8 Å². The smallest absolute Gasteiger partial charge is 0.350 e. The highest BCUT2D eigenvalue weighted by molar-refractivity contribution is 5.21. The van der Waals surface area contributed by atoms with Crippen molar-refractivity contribution in [3.05, 3.63) is 23.5 Å². The average molecular weight is 331 g/mol. The summed E-state index contributed by atoms with van der Waals surface area (Å²) in [5.74, 6) is 0. The molecule has 0 aromatic carbocycles. The van der Waals surface area contributed by atoms with Crippen molar-refractivity contribution in [2.75, 3.05) is 39.3 Å². The summed E-state index contributed by atoms with van der Waals surface area (Å²) >= 11 is 0. The number of nitrogens with zero attached hydrogens (tertiary/aromatic N) is 3. The first-order valence-corrected chi connectivity index (χ1v) is 8.48. The van der Waals surface area contributed by atoms with Gasteiger partial charge in [-0.05, 0) is 32.9 Å². The van der Waals surface area contributed by atoms with Crippen LogP contribution >= 0.6 is 0 Å². The van der Waals surface area contributed by atoms with Crippen molar-refractivity contribution >= 4 is 0 Å². The Morgan fingerprint density at radius 3 is 2.26 bits per heavy atom. The second-order valence-electron chi connectivity index (χ2n) is 6.49. The minimum absolute atomic E-state index is 0.241. The van der Waals surface area contributed by atoms with Gasteiger partial charge in [0.05, 0.1) is 6.54 Å². The van der Waals surface area contributed by atoms with Crippen LogP contribution in [0, 0.1) is 0 Å². The van der Waals surface area contributed by atoms with Crippen LogP contribution in [0.5, 0.6) is 0 Å². The first kappa shape index (κ1) is 18.3. The van der Waals surface area contributed by atoms with Gasteiger partial charge in [-0.1, -0.05) is 18.6 Å². The van der Waals surface area contributed by atoms with Crippen LogP contribution in [0.4, 0.5) is 13.2 Å². The molecule has 0 saturated carbocycles. The molecule has 132 valence electrons. The van der Waals surface area contributed by atoms with E-state index in [-0.39, 0.29) is 6.04 Å². The van der Waals surface area contributed by atoms with E-state index >= 15 is 0 Å². The molecule has 0 aromatic rings. The molecule has 1 fully saturated rings. The lowest BCUT2D eigenvalue weighted by Crippen LogP contribution is -2.53. The maximum atomic E-state index is 12.5. The average Bonchev–Trinajstić information content (AvgIpc) is 3.00. The molecule has 0 amide bonds. The highest BCUT2D eigenvalue weighted by atomic mass is 19.4. The van der Waals surface area contributed by atoms with Gasteiger partial charge in [0.1, 0.15) is 0 Å². The van der Waals surface area contributed by atoms with Crippen molar-refractivity contribution in [1.29, 1.82) is 0 Å². The zero-order valence-corrected chi connectivity index (χ0v) is 14.4. The lowest BCUT2D eigenvalue weighted by Gasteiger charge is -2.41. The molecule has 0 radical (unpaired) electrons. The molecule has 0 N–H and O–H groups in total. The third-order valence-electron chi connectivity index (χ3n) is 4.85. The van der Waals surface area contributed by atoms with Gasteiger partial charge in [0.15, 0.2) is 0 Å². The van der Waals surface area contributed by atoms with Crippen LogP contribution in [0.2, 0.25) is 0 Å². The Balaban J connectivity index is 1.99. The maximum Gasteiger partial charge on any atom is 0.401 e. The van der Waals surface area contributed by atoms with Gasteiger partial charge in [0.2, 0.25) is 0 Å². The number of allylic oxidation sites excluding steroid dienone is 1. The van der Waals surface area contributed by atoms with Crippen LogP contribution in [0.25, 0.3) is 0 Å². The van der Waals surface area contributed by atoms with Crippen molar-refractivity contribution in [3.8, 4) is 0 Å². The third kappa shape index (κ3) is 4.98. The standard InChI is InChI=1S/C17H28F3N3/c1-4-14(2)16(23-7-5-6-8-23)15(3)22-11-9-21(10-12-22)13-17(18,19)20/h5,7,15H,4,6,8-13H2,1-3H3/b16-14-. The second-order valence-corrected chi connectivity index (χ2v) is 6.49. The number of hydrogen-bond donors (Lipinski definition) is 0. The molecule has 1 unspecified atom stereocenters. The van der Waals surface area contributed by atoms with Gasteiger partial charge < -0.3 is 4.90 Å². The van der Waals surface area contributed by atoms with Gasteiger partial charge in [-0.3, -0.25) is 9.80 Å². The zero-order valence-electron chi connectivity index (χ0n) is 14.4. The highest BCUT2D eigenvalue weighted by Crippen LogP contribution is 2.26. The van der Waals surface area contributed by atoms with Crippen molar-refractivity contribution in [3.63, 3.8) is 0 Å².